The Hall–Kier alpha value is -1.65. The third kappa shape index (κ3) is 3.01. The number of hydrogen-bond donors (Lipinski definition) is 0. The van der Waals surface area contributed by atoms with Crippen LogP contribution in [0.25, 0.3) is 0 Å². The summed E-state index contributed by atoms with van der Waals surface area (Å²) in [5, 5.41) is 0. The molecular formula is C16H23N3O2. The molecule has 1 saturated heterocycles. The van der Waals surface area contributed by atoms with Crippen LogP contribution in [0.1, 0.15) is 43.9 Å². The van der Waals surface area contributed by atoms with Crippen molar-refractivity contribution in [3.63, 3.8) is 0 Å². The van der Waals surface area contributed by atoms with E-state index in [0.717, 1.165) is 44.6 Å². The molecule has 0 radical (unpaired) electrons. The summed E-state index contributed by atoms with van der Waals surface area (Å²) in [6, 6.07) is 0. The Morgan fingerprint density at radius 3 is 3.05 bits per heavy atom. The number of aryl methyl sites for hydroxylation is 1. The normalized spacial score (nSPS) is 21.8. The first-order valence-electron chi connectivity index (χ1n) is 8.04. The van der Waals surface area contributed by atoms with Crippen LogP contribution in [-0.2, 0) is 22.4 Å². The summed E-state index contributed by atoms with van der Waals surface area (Å²) < 4.78 is 5.18. The third-order valence-corrected chi connectivity index (χ3v) is 4.44. The van der Waals surface area contributed by atoms with Gasteiger partial charge in [-0.3, -0.25) is 4.79 Å². The number of fused-ring (bicyclic) bond motifs is 1. The molecule has 2 heterocycles. The van der Waals surface area contributed by atoms with Gasteiger partial charge in [0.2, 0.25) is 0 Å². The molecule has 0 spiro atoms. The van der Waals surface area contributed by atoms with E-state index in [1.54, 1.807) is 6.33 Å². The van der Waals surface area contributed by atoms with Crippen molar-refractivity contribution in [2.24, 2.45) is 5.92 Å². The molecule has 114 valence electrons. The summed E-state index contributed by atoms with van der Waals surface area (Å²) in [5.41, 5.74) is 2.50. The predicted octanol–water partition coefficient (Wildman–Crippen LogP) is 2.13. The van der Waals surface area contributed by atoms with Gasteiger partial charge in [-0.15, -0.1) is 0 Å². The largest absolute Gasteiger partial charge is 0.466 e. The van der Waals surface area contributed by atoms with E-state index in [9.17, 15) is 4.79 Å². The Morgan fingerprint density at radius 2 is 2.19 bits per heavy atom. The molecular weight excluding hydrogens is 266 g/mol. The third-order valence-electron chi connectivity index (χ3n) is 4.44. The lowest BCUT2D eigenvalue weighted by Crippen LogP contribution is -2.40. The lowest BCUT2D eigenvalue weighted by atomic mass is 9.94. The predicted molar refractivity (Wildman–Crippen MR) is 80.2 cm³/mol. The van der Waals surface area contributed by atoms with Crippen LogP contribution in [-0.4, -0.2) is 35.6 Å². The van der Waals surface area contributed by atoms with E-state index in [-0.39, 0.29) is 11.9 Å². The van der Waals surface area contributed by atoms with E-state index >= 15 is 0 Å². The highest BCUT2D eigenvalue weighted by Crippen LogP contribution is 2.30. The number of carbonyl (C=O) groups excluding carboxylic acids is 1. The second-order valence-corrected chi connectivity index (χ2v) is 5.87. The highest BCUT2D eigenvalue weighted by molar-refractivity contribution is 5.73. The number of piperidine rings is 1. The van der Waals surface area contributed by atoms with E-state index in [4.69, 9.17) is 4.74 Å². The molecule has 1 fully saturated rings. The van der Waals surface area contributed by atoms with Crippen molar-refractivity contribution in [1.29, 1.82) is 0 Å². The first-order valence-corrected chi connectivity index (χ1v) is 8.04. The average Bonchev–Trinajstić information content (AvgIpc) is 2.55. The SMILES string of the molecule is CCOC(=O)C1CCCN(c2ncnc3c2CCCC3)C1. The zero-order valence-electron chi connectivity index (χ0n) is 12.7. The van der Waals surface area contributed by atoms with E-state index in [1.807, 2.05) is 6.92 Å². The Morgan fingerprint density at radius 1 is 1.33 bits per heavy atom. The van der Waals surface area contributed by atoms with Crippen LogP contribution in [0, 0.1) is 5.92 Å². The topological polar surface area (TPSA) is 55.3 Å². The minimum atomic E-state index is -0.0647. The molecule has 1 aromatic rings. The molecule has 1 aliphatic carbocycles. The maximum Gasteiger partial charge on any atom is 0.310 e. The molecule has 0 aromatic carbocycles. The number of nitrogens with zero attached hydrogens (tertiary/aromatic N) is 3. The smallest absolute Gasteiger partial charge is 0.310 e. The number of ether oxygens (including phenoxy) is 1. The summed E-state index contributed by atoms with van der Waals surface area (Å²) in [5.74, 6) is 0.965. The van der Waals surface area contributed by atoms with Gasteiger partial charge in [0.1, 0.15) is 12.1 Å². The van der Waals surface area contributed by atoms with Gasteiger partial charge in [-0.1, -0.05) is 0 Å². The van der Waals surface area contributed by atoms with Gasteiger partial charge in [-0.05, 0) is 45.4 Å². The van der Waals surface area contributed by atoms with Crippen molar-refractivity contribution in [3.8, 4) is 0 Å². The molecule has 0 amide bonds. The highest BCUT2D eigenvalue weighted by atomic mass is 16.5. The number of hydrogen-bond acceptors (Lipinski definition) is 5. The van der Waals surface area contributed by atoms with Crippen molar-refractivity contribution in [1.82, 2.24) is 9.97 Å². The lowest BCUT2D eigenvalue weighted by Gasteiger charge is -2.34. The van der Waals surface area contributed by atoms with Gasteiger partial charge in [0.25, 0.3) is 0 Å². The number of rotatable bonds is 3. The molecule has 0 saturated carbocycles. The van der Waals surface area contributed by atoms with E-state index < -0.39 is 0 Å². The Labute approximate surface area is 125 Å². The van der Waals surface area contributed by atoms with E-state index in [1.165, 1.54) is 24.1 Å². The van der Waals surface area contributed by atoms with Gasteiger partial charge in [0, 0.05) is 24.3 Å². The average molecular weight is 289 g/mol. The standard InChI is InChI=1S/C16H23N3O2/c1-2-21-16(20)12-6-5-9-19(10-12)15-13-7-3-4-8-14(13)17-11-18-15/h11-12H,2-10H2,1H3. The Kier molecular flexibility index (Phi) is 4.36. The molecule has 5 nitrogen and oxygen atoms in total. The summed E-state index contributed by atoms with van der Waals surface area (Å²) in [6.07, 6.45) is 8.15. The van der Waals surface area contributed by atoms with Gasteiger partial charge in [0.05, 0.1) is 12.5 Å². The molecule has 1 atom stereocenters. The summed E-state index contributed by atoms with van der Waals surface area (Å²) >= 11 is 0. The van der Waals surface area contributed by atoms with Crippen molar-refractivity contribution >= 4 is 11.8 Å². The Bertz CT molecular complexity index is 518. The van der Waals surface area contributed by atoms with Crippen molar-refractivity contribution in [2.45, 2.75) is 45.4 Å². The van der Waals surface area contributed by atoms with Crippen LogP contribution in [0.15, 0.2) is 6.33 Å². The second-order valence-electron chi connectivity index (χ2n) is 5.87. The molecule has 2 aliphatic rings. The minimum Gasteiger partial charge on any atom is -0.466 e. The van der Waals surface area contributed by atoms with Crippen molar-refractivity contribution < 1.29 is 9.53 Å². The lowest BCUT2D eigenvalue weighted by molar-refractivity contribution is -0.148. The molecule has 0 N–H and O–H groups in total. The van der Waals surface area contributed by atoms with E-state index in [2.05, 4.69) is 14.9 Å². The molecule has 1 unspecified atom stereocenters. The zero-order valence-corrected chi connectivity index (χ0v) is 12.7. The number of aromatic nitrogens is 2. The maximum atomic E-state index is 12.0. The van der Waals surface area contributed by atoms with Crippen LogP contribution < -0.4 is 4.90 Å². The molecule has 1 aliphatic heterocycles. The summed E-state index contributed by atoms with van der Waals surface area (Å²) in [4.78, 5) is 23.2. The minimum absolute atomic E-state index is 0.0205. The first-order chi connectivity index (χ1) is 10.3. The number of esters is 1. The van der Waals surface area contributed by atoms with Gasteiger partial charge in [0.15, 0.2) is 0 Å². The fourth-order valence-electron chi connectivity index (χ4n) is 3.40. The summed E-state index contributed by atoms with van der Waals surface area (Å²) in [6.45, 7) is 4.01. The van der Waals surface area contributed by atoms with Gasteiger partial charge in [-0.2, -0.15) is 0 Å². The molecule has 1 aromatic heterocycles. The molecule has 21 heavy (non-hydrogen) atoms. The van der Waals surface area contributed by atoms with Crippen LogP contribution in [0.2, 0.25) is 0 Å². The van der Waals surface area contributed by atoms with E-state index in [0.29, 0.717) is 6.61 Å². The summed E-state index contributed by atoms with van der Waals surface area (Å²) in [7, 11) is 0. The molecule has 5 heteroatoms. The highest BCUT2D eigenvalue weighted by Gasteiger charge is 2.29. The molecule has 3 rings (SSSR count). The fraction of sp³-hybridized carbons (Fsp3) is 0.688. The van der Waals surface area contributed by atoms with Crippen molar-refractivity contribution in [2.75, 3.05) is 24.6 Å². The number of carbonyl (C=O) groups is 1. The monoisotopic (exact) mass is 289 g/mol. The van der Waals surface area contributed by atoms with Crippen LogP contribution in [0.3, 0.4) is 0 Å². The van der Waals surface area contributed by atoms with Crippen LogP contribution in [0.5, 0.6) is 0 Å². The quantitative estimate of drug-likeness (QED) is 0.798. The van der Waals surface area contributed by atoms with Crippen molar-refractivity contribution in [3.05, 3.63) is 17.6 Å². The van der Waals surface area contributed by atoms with Gasteiger partial charge >= 0.3 is 5.97 Å². The number of anilines is 1. The Balaban J connectivity index is 1.79. The van der Waals surface area contributed by atoms with Gasteiger partial charge in [-0.25, -0.2) is 9.97 Å². The maximum absolute atomic E-state index is 12.0. The fourth-order valence-corrected chi connectivity index (χ4v) is 3.40. The van der Waals surface area contributed by atoms with Crippen LogP contribution in [0.4, 0.5) is 5.82 Å². The van der Waals surface area contributed by atoms with Gasteiger partial charge < -0.3 is 9.64 Å². The second kappa shape index (κ2) is 6.41. The van der Waals surface area contributed by atoms with Crippen LogP contribution >= 0.6 is 0 Å². The zero-order chi connectivity index (χ0) is 14.7. The first kappa shape index (κ1) is 14.3. The molecule has 0 bridgehead atoms.